The smallest absolute Gasteiger partial charge is 0.120 e. The van der Waals surface area contributed by atoms with Crippen molar-refractivity contribution in [3.05, 3.63) is 59.4 Å². The van der Waals surface area contributed by atoms with Crippen LogP contribution < -0.4 is 4.74 Å². The highest BCUT2D eigenvalue weighted by atomic mass is 16.5. The summed E-state index contributed by atoms with van der Waals surface area (Å²) in [6.07, 6.45) is 10.8. The third-order valence-electron chi connectivity index (χ3n) is 3.83. The Bertz CT molecular complexity index is 692. The van der Waals surface area contributed by atoms with Crippen LogP contribution in [-0.2, 0) is 0 Å². The summed E-state index contributed by atoms with van der Waals surface area (Å²) in [5.74, 6) is 0.932. The van der Waals surface area contributed by atoms with Crippen LogP contribution in [0.5, 0.6) is 5.75 Å². The molecular weight excluding hydrogens is 272 g/mol. The van der Waals surface area contributed by atoms with E-state index in [1.165, 1.54) is 12.8 Å². The quantitative estimate of drug-likeness (QED) is 0.836. The summed E-state index contributed by atoms with van der Waals surface area (Å²) in [5.41, 5.74) is 2.49. The van der Waals surface area contributed by atoms with Crippen LogP contribution in [0.25, 0.3) is 12.2 Å². The molecule has 1 aliphatic rings. The summed E-state index contributed by atoms with van der Waals surface area (Å²) < 4.78 is 6.01. The van der Waals surface area contributed by atoms with Crippen LogP contribution in [0.3, 0.4) is 0 Å². The van der Waals surface area contributed by atoms with Crippen LogP contribution in [0.15, 0.2) is 42.6 Å². The lowest BCUT2D eigenvalue weighted by Crippen LogP contribution is -2.10. The minimum atomic E-state index is 0.374. The number of hydrogen-bond acceptors (Lipinski definition) is 3. The number of hydrogen-bond donors (Lipinski definition) is 0. The van der Waals surface area contributed by atoms with Crippen LogP contribution in [0, 0.1) is 11.3 Å². The Morgan fingerprint density at radius 3 is 2.73 bits per heavy atom. The monoisotopic (exact) mass is 290 g/mol. The van der Waals surface area contributed by atoms with Crippen molar-refractivity contribution in [3.63, 3.8) is 0 Å². The molecule has 0 spiro atoms. The van der Waals surface area contributed by atoms with Crippen molar-refractivity contribution in [2.75, 3.05) is 0 Å². The van der Waals surface area contributed by atoms with Crippen molar-refractivity contribution in [1.29, 1.82) is 5.26 Å². The van der Waals surface area contributed by atoms with E-state index >= 15 is 0 Å². The molecule has 1 fully saturated rings. The van der Waals surface area contributed by atoms with Gasteiger partial charge in [0, 0.05) is 6.20 Å². The van der Waals surface area contributed by atoms with Gasteiger partial charge in [0.15, 0.2) is 0 Å². The highest BCUT2D eigenvalue weighted by Crippen LogP contribution is 2.25. The van der Waals surface area contributed by atoms with E-state index < -0.39 is 0 Å². The van der Waals surface area contributed by atoms with E-state index in [0.29, 0.717) is 11.7 Å². The zero-order valence-electron chi connectivity index (χ0n) is 12.4. The Morgan fingerprint density at radius 1 is 1.14 bits per heavy atom. The summed E-state index contributed by atoms with van der Waals surface area (Å²) in [4.78, 5) is 4.23. The second kappa shape index (κ2) is 6.91. The number of rotatable bonds is 4. The van der Waals surface area contributed by atoms with E-state index in [2.05, 4.69) is 17.1 Å². The van der Waals surface area contributed by atoms with Crippen LogP contribution >= 0.6 is 0 Å². The summed E-state index contributed by atoms with van der Waals surface area (Å²) in [6, 6.07) is 13.8. The van der Waals surface area contributed by atoms with E-state index in [1.54, 1.807) is 12.3 Å². The lowest BCUT2D eigenvalue weighted by molar-refractivity contribution is 0.210. The molecular formula is C19H18N2O. The molecule has 2 aromatic rings. The SMILES string of the molecule is N#Cc1ccc(/C=C/c2cccc(OC3CCCC3)c2)nc1. The fourth-order valence-corrected chi connectivity index (χ4v) is 2.64. The summed E-state index contributed by atoms with van der Waals surface area (Å²) in [7, 11) is 0. The van der Waals surface area contributed by atoms with Gasteiger partial charge in [-0.05, 0) is 61.6 Å². The van der Waals surface area contributed by atoms with Crippen molar-refractivity contribution in [1.82, 2.24) is 4.98 Å². The van der Waals surface area contributed by atoms with Gasteiger partial charge >= 0.3 is 0 Å². The molecule has 3 heteroatoms. The van der Waals surface area contributed by atoms with E-state index in [1.807, 2.05) is 36.4 Å². The second-order valence-electron chi connectivity index (χ2n) is 5.51. The Hall–Kier alpha value is -2.60. The van der Waals surface area contributed by atoms with Crippen molar-refractivity contribution in [2.24, 2.45) is 0 Å². The summed E-state index contributed by atoms with van der Waals surface area (Å²) in [5, 5.41) is 8.76. The molecule has 3 rings (SSSR count). The van der Waals surface area contributed by atoms with Gasteiger partial charge in [-0.1, -0.05) is 18.2 Å². The van der Waals surface area contributed by atoms with E-state index in [9.17, 15) is 0 Å². The number of ether oxygens (including phenoxy) is 1. The molecule has 3 nitrogen and oxygen atoms in total. The average molecular weight is 290 g/mol. The number of nitriles is 1. The third kappa shape index (κ3) is 3.73. The maximum atomic E-state index is 8.76. The van der Waals surface area contributed by atoms with Gasteiger partial charge in [-0.3, -0.25) is 4.98 Å². The molecule has 0 bridgehead atoms. The molecule has 110 valence electrons. The molecule has 0 unspecified atom stereocenters. The maximum absolute atomic E-state index is 8.76. The molecule has 0 atom stereocenters. The molecule has 0 aliphatic heterocycles. The van der Waals surface area contributed by atoms with Crippen molar-refractivity contribution in [3.8, 4) is 11.8 Å². The molecule has 0 N–H and O–H groups in total. The fraction of sp³-hybridized carbons (Fsp3) is 0.263. The first kappa shape index (κ1) is 14.3. The first-order valence-electron chi connectivity index (χ1n) is 7.64. The molecule has 22 heavy (non-hydrogen) atoms. The average Bonchev–Trinajstić information content (AvgIpc) is 3.07. The Balaban J connectivity index is 1.68. The Morgan fingerprint density at radius 2 is 2.00 bits per heavy atom. The lowest BCUT2D eigenvalue weighted by atomic mass is 10.1. The summed E-state index contributed by atoms with van der Waals surface area (Å²) >= 11 is 0. The highest BCUT2D eigenvalue weighted by Gasteiger charge is 2.16. The highest BCUT2D eigenvalue weighted by molar-refractivity contribution is 5.68. The summed E-state index contributed by atoms with van der Waals surface area (Å²) in [6.45, 7) is 0. The van der Waals surface area contributed by atoms with Gasteiger partial charge in [0.2, 0.25) is 0 Å². The normalized spacial score (nSPS) is 15.0. The van der Waals surface area contributed by atoms with Gasteiger partial charge in [0.25, 0.3) is 0 Å². The van der Waals surface area contributed by atoms with Crippen LogP contribution in [0.4, 0.5) is 0 Å². The first-order chi connectivity index (χ1) is 10.8. The minimum absolute atomic E-state index is 0.374. The number of benzene rings is 1. The van der Waals surface area contributed by atoms with Gasteiger partial charge in [0.1, 0.15) is 11.8 Å². The number of aromatic nitrogens is 1. The molecule has 0 amide bonds. The van der Waals surface area contributed by atoms with E-state index in [4.69, 9.17) is 10.00 Å². The van der Waals surface area contributed by atoms with E-state index in [-0.39, 0.29) is 0 Å². The van der Waals surface area contributed by atoms with Gasteiger partial charge in [-0.25, -0.2) is 0 Å². The van der Waals surface area contributed by atoms with Gasteiger partial charge < -0.3 is 4.74 Å². The molecule has 0 radical (unpaired) electrons. The number of nitrogens with zero attached hydrogens (tertiary/aromatic N) is 2. The molecule has 1 aromatic carbocycles. The first-order valence-corrected chi connectivity index (χ1v) is 7.64. The molecule has 1 aromatic heterocycles. The topological polar surface area (TPSA) is 45.9 Å². The third-order valence-corrected chi connectivity index (χ3v) is 3.83. The molecule has 1 aliphatic carbocycles. The Kier molecular flexibility index (Phi) is 4.50. The van der Waals surface area contributed by atoms with Crippen molar-refractivity contribution < 1.29 is 4.74 Å². The second-order valence-corrected chi connectivity index (χ2v) is 5.51. The fourth-order valence-electron chi connectivity index (χ4n) is 2.64. The zero-order chi connectivity index (χ0) is 15.2. The molecule has 1 saturated carbocycles. The zero-order valence-corrected chi connectivity index (χ0v) is 12.4. The largest absolute Gasteiger partial charge is 0.490 e. The van der Waals surface area contributed by atoms with Gasteiger partial charge in [0.05, 0.1) is 17.4 Å². The van der Waals surface area contributed by atoms with Crippen molar-refractivity contribution >= 4 is 12.2 Å². The predicted octanol–water partition coefficient (Wildman–Crippen LogP) is 4.45. The molecule has 1 heterocycles. The van der Waals surface area contributed by atoms with Crippen molar-refractivity contribution in [2.45, 2.75) is 31.8 Å². The van der Waals surface area contributed by atoms with E-state index in [0.717, 1.165) is 29.8 Å². The van der Waals surface area contributed by atoms with Gasteiger partial charge in [-0.15, -0.1) is 0 Å². The lowest BCUT2D eigenvalue weighted by Gasteiger charge is -2.13. The Labute approximate surface area is 130 Å². The predicted molar refractivity (Wildman–Crippen MR) is 87.2 cm³/mol. The van der Waals surface area contributed by atoms with Crippen LogP contribution in [0.2, 0.25) is 0 Å². The van der Waals surface area contributed by atoms with Crippen LogP contribution in [-0.4, -0.2) is 11.1 Å². The standard InChI is InChI=1S/C19H18N2O/c20-13-16-9-11-17(21-14-16)10-8-15-4-3-7-19(12-15)22-18-5-1-2-6-18/h3-4,7-12,14,18H,1-2,5-6H2/b10-8+. The number of pyridine rings is 1. The van der Waals surface area contributed by atoms with Gasteiger partial charge in [-0.2, -0.15) is 5.26 Å². The maximum Gasteiger partial charge on any atom is 0.120 e. The van der Waals surface area contributed by atoms with Crippen LogP contribution in [0.1, 0.15) is 42.5 Å². The minimum Gasteiger partial charge on any atom is -0.490 e. The molecule has 0 saturated heterocycles.